The maximum Gasteiger partial charge on any atom is 0.337 e. The van der Waals surface area contributed by atoms with E-state index in [1.54, 1.807) is 13.0 Å². The minimum atomic E-state index is -2.12. The fourth-order valence-electron chi connectivity index (χ4n) is 7.77. The van der Waals surface area contributed by atoms with Crippen LogP contribution in [0.3, 0.4) is 0 Å². The van der Waals surface area contributed by atoms with Crippen molar-refractivity contribution in [1.29, 1.82) is 0 Å². The second-order valence-corrected chi connectivity index (χ2v) is 14.4. The molecule has 248 valence electrons. The quantitative estimate of drug-likeness (QED) is 0.297. The normalized spacial score (nSPS) is 42.9. The van der Waals surface area contributed by atoms with Crippen molar-refractivity contribution in [3.63, 3.8) is 0 Å². The van der Waals surface area contributed by atoms with Crippen molar-refractivity contribution >= 4 is 11.9 Å². The average Bonchev–Trinajstić information content (AvgIpc) is 3.21. The lowest BCUT2D eigenvalue weighted by Gasteiger charge is -2.51. The maximum atomic E-state index is 14.0. The van der Waals surface area contributed by atoms with Gasteiger partial charge < -0.3 is 34.3 Å². The number of allylic oxidation sites excluding steroid dienone is 5. The molecule has 3 N–H and O–H groups in total. The predicted molar refractivity (Wildman–Crippen MR) is 167 cm³/mol. The third-order valence-corrected chi connectivity index (χ3v) is 10.0. The van der Waals surface area contributed by atoms with Crippen molar-refractivity contribution in [2.24, 2.45) is 23.7 Å². The van der Waals surface area contributed by atoms with Crippen LogP contribution in [0.5, 0.6) is 0 Å². The Morgan fingerprint density at radius 1 is 1.07 bits per heavy atom. The van der Waals surface area contributed by atoms with E-state index in [1.165, 1.54) is 12.2 Å². The molecule has 3 saturated heterocycles. The summed E-state index contributed by atoms with van der Waals surface area (Å²) in [5.41, 5.74) is 0.369. The van der Waals surface area contributed by atoms with Gasteiger partial charge in [0.15, 0.2) is 17.5 Å². The minimum absolute atomic E-state index is 0.0932. The molecule has 0 aromatic heterocycles. The second-order valence-electron chi connectivity index (χ2n) is 14.4. The molecule has 1 aliphatic carbocycles. The summed E-state index contributed by atoms with van der Waals surface area (Å²) in [6.07, 6.45) is 8.33. The molecule has 9 heteroatoms. The third-order valence-electron chi connectivity index (χ3n) is 10.0. The van der Waals surface area contributed by atoms with Crippen LogP contribution in [-0.2, 0) is 28.5 Å². The van der Waals surface area contributed by atoms with E-state index in [4.69, 9.17) is 18.9 Å². The average molecular weight is 627 g/mol. The second kappa shape index (κ2) is 12.9. The highest BCUT2D eigenvalue weighted by molar-refractivity contribution is 5.97. The molecular formula is C36H50O9. The Labute approximate surface area is 266 Å². The molecule has 5 rings (SSSR count). The summed E-state index contributed by atoms with van der Waals surface area (Å²) in [5.74, 6) is -3.73. The van der Waals surface area contributed by atoms with Crippen molar-refractivity contribution in [2.75, 3.05) is 0 Å². The van der Waals surface area contributed by atoms with E-state index >= 15 is 0 Å². The molecule has 1 spiro atoms. The third kappa shape index (κ3) is 6.65. The SMILES string of the molecule is CC1=CCC2CC(CC3(CC(O)C(C)C(C(C)=CC(C)C)O3)O2)OC(=O)C2C=C(C)C(O)C3OC(=O)C(=CC=CC(C)C1)C23O. The molecule has 2 bridgehead atoms. The number of aliphatic hydroxyl groups is 3. The highest BCUT2D eigenvalue weighted by Crippen LogP contribution is 2.48. The number of rotatable bonds is 2. The van der Waals surface area contributed by atoms with Gasteiger partial charge in [-0.2, -0.15) is 0 Å². The van der Waals surface area contributed by atoms with Gasteiger partial charge in [-0.15, -0.1) is 0 Å². The van der Waals surface area contributed by atoms with Crippen LogP contribution in [0.1, 0.15) is 80.6 Å². The van der Waals surface area contributed by atoms with Crippen molar-refractivity contribution in [1.82, 2.24) is 0 Å². The van der Waals surface area contributed by atoms with E-state index in [2.05, 4.69) is 39.8 Å². The molecule has 0 amide bonds. The summed E-state index contributed by atoms with van der Waals surface area (Å²) in [5, 5.41) is 34.2. The van der Waals surface area contributed by atoms with Crippen LogP contribution in [0.25, 0.3) is 0 Å². The van der Waals surface area contributed by atoms with Crippen LogP contribution >= 0.6 is 0 Å². The first-order valence-electron chi connectivity index (χ1n) is 16.4. The molecular weight excluding hydrogens is 576 g/mol. The Kier molecular flexibility index (Phi) is 9.70. The van der Waals surface area contributed by atoms with Gasteiger partial charge in [-0.3, -0.25) is 4.79 Å². The minimum Gasteiger partial charge on any atom is -0.462 e. The zero-order valence-corrected chi connectivity index (χ0v) is 27.6. The van der Waals surface area contributed by atoms with E-state index in [-0.39, 0.29) is 42.5 Å². The standard InChI is InChI=1S/C36H50O9/c1-19(2)13-23(6)31-24(7)29(37)18-35(45-31)17-26-16-25(44-35)12-11-21(4)14-20(3)9-8-10-27-33(39)43-32-30(38)22(5)15-28(34(40)42-26)36(27,32)41/h8-11,13,15,19-20,24-26,28-32,37-38,41H,12,14,16-18H2,1-7H3. The van der Waals surface area contributed by atoms with Gasteiger partial charge in [0.05, 0.1) is 23.9 Å². The molecule has 4 heterocycles. The van der Waals surface area contributed by atoms with E-state index in [0.717, 1.165) is 17.6 Å². The summed E-state index contributed by atoms with van der Waals surface area (Å²) in [6.45, 7) is 13.9. The summed E-state index contributed by atoms with van der Waals surface area (Å²) in [6, 6.07) is 0. The number of carbonyl (C=O) groups excluding carboxylic acids is 2. The molecule has 0 radical (unpaired) electrons. The smallest absolute Gasteiger partial charge is 0.337 e. The summed E-state index contributed by atoms with van der Waals surface area (Å²) >= 11 is 0. The number of fused-ring (bicyclic) bond motifs is 2. The Morgan fingerprint density at radius 3 is 2.51 bits per heavy atom. The fourth-order valence-corrected chi connectivity index (χ4v) is 7.77. The van der Waals surface area contributed by atoms with Crippen molar-refractivity contribution < 1.29 is 43.9 Å². The monoisotopic (exact) mass is 626 g/mol. The Balaban J connectivity index is 1.54. The lowest BCUT2D eigenvalue weighted by Crippen LogP contribution is -2.59. The molecule has 9 nitrogen and oxygen atoms in total. The predicted octanol–water partition coefficient (Wildman–Crippen LogP) is 4.61. The van der Waals surface area contributed by atoms with Gasteiger partial charge >= 0.3 is 11.9 Å². The molecule has 11 unspecified atom stereocenters. The lowest BCUT2D eigenvalue weighted by atomic mass is 9.70. The molecule has 4 aliphatic heterocycles. The van der Waals surface area contributed by atoms with Crippen molar-refractivity contribution in [3.8, 4) is 0 Å². The number of aliphatic hydroxyl groups excluding tert-OH is 2. The Hall–Kier alpha value is -2.56. The number of esters is 2. The number of hydrogen-bond donors (Lipinski definition) is 3. The van der Waals surface area contributed by atoms with Crippen LogP contribution in [-0.4, -0.2) is 75.3 Å². The molecule has 0 aromatic rings. The zero-order chi connectivity index (χ0) is 32.8. The summed E-state index contributed by atoms with van der Waals surface area (Å²) in [4.78, 5) is 27.1. The lowest BCUT2D eigenvalue weighted by molar-refractivity contribution is -0.342. The molecule has 3 fully saturated rings. The first kappa shape index (κ1) is 33.8. The van der Waals surface area contributed by atoms with Gasteiger partial charge in [0.1, 0.15) is 18.1 Å². The Morgan fingerprint density at radius 2 is 1.80 bits per heavy atom. The number of ether oxygens (including phenoxy) is 4. The zero-order valence-electron chi connectivity index (χ0n) is 27.6. The van der Waals surface area contributed by atoms with Crippen molar-refractivity contribution in [2.45, 2.75) is 129 Å². The first-order valence-corrected chi connectivity index (χ1v) is 16.4. The van der Waals surface area contributed by atoms with Gasteiger partial charge in [0.25, 0.3) is 0 Å². The summed E-state index contributed by atoms with van der Waals surface area (Å²) in [7, 11) is 0. The number of hydrogen-bond acceptors (Lipinski definition) is 9. The fraction of sp³-hybridized carbons (Fsp3) is 0.667. The molecule has 11 atom stereocenters. The first-order chi connectivity index (χ1) is 21.1. The highest BCUT2D eigenvalue weighted by Gasteiger charge is 2.64. The molecule has 45 heavy (non-hydrogen) atoms. The van der Waals surface area contributed by atoms with Crippen LogP contribution in [0.2, 0.25) is 0 Å². The van der Waals surface area contributed by atoms with Crippen LogP contribution in [0.15, 0.2) is 58.7 Å². The van der Waals surface area contributed by atoms with Crippen LogP contribution < -0.4 is 0 Å². The van der Waals surface area contributed by atoms with Gasteiger partial charge in [-0.05, 0) is 62.7 Å². The largest absolute Gasteiger partial charge is 0.462 e. The van der Waals surface area contributed by atoms with E-state index in [1.807, 2.05) is 19.9 Å². The number of carbonyl (C=O) groups is 2. The van der Waals surface area contributed by atoms with Gasteiger partial charge in [-0.25, -0.2) is 4.79 Å². The highest BCUT2D eigenvalue weighted by atomic mass is 16.7. The van der Waals surface area contributed by atoms with Gasteiger partial charge in [0.2, 0.25) is 0 Å². The van der Waals surface area contributed by atoms with E-state index < -0.39 is 53.7 Å². The molecule has 5 aliphatic rings. The summed E-state index contributed by atoms with van der Waals surface area (Å²) < 4.78 is 25.1. The van der Waals surface area contributed by atoms with E-state index in [9.17, 15) is 24.9 Å². The van der Waals surface area contributed by atoms with Gasteiger partial charge in [0, 0.05) is 25.2 Å². The maximum absolute atomic E-state index is 14.0. The Bertz CT molecular complexity index is 1320. The van der Waals surface area contributed by atoms with Crippen molar-refractivity contribution in [3.05, 3.63) is 58.7 Å². The van der Waals surface area contributed by atoms with Gasteiger partial charge in [-0.1, -0.05) is 63.6 Å². The van der Waals surface area contributed by atoms with E-state index in [0.29, 0.717) is 24.3 Å². The topological polar surface area (TPSA) is 132 Å². The molecule has 0 saturated carbocycles. The molecule has 0 aromatic carbocycles. The van der Waals surface area contributed by atoms with Crippen LogP contribution in [0, 0.1) is 23.7 Å². The van der Waals surface area contributed by atoms with Crippen LogP contribution in [0.4, 0.5) is 0 Å².